The predicted octanol–water partition coefficient (Wildman–Crippen LogP) is 2.03. The van der Waals surface area contributed by atoms with Gasteiger partial charge in [-0.25, -0.2) is 14.8 Å². The summed E-state index contributed by atoms with van der Waals surface area (Å²) >= 11 is 0. The van der Waals surface area contributed by atoms with Crippen LogP contribution in [0, 0.1) is 6.92 Å². The van der Waals surface area contributed by atoms with Gasteiger partial charge in [0, 0.05) is 19.3 Å². The van der Waals surface area contributed by atoms with Gasteiger partial charge in [0.1, 0.15) is 0 Å². The molecule has 0 aliphatic rings. The van der Waals surface area contributed by atoms with Crippen LogP contribution in [0.1, 0.15) is 34.1 Å². The number of nitrogens with one attached hydrogen (secondary N) is 1. The summed E-state index contributed by atoms with van der Waals surface area (Å²) in [4.78, 5) is 20.2. The van der Waals surface area contributed by atoms with Crippen LogP contribution in [-0.4, -0.2) is 22.5 Å². The fraction of sp³-hybridized carbons (Fsp3) is 0.312. The highest BCUT2D eigenvalue weighted by atomic mass is 16.5. The molecule has 0 radical (unpaired) electrons. The molecule has 22 heavy (non-hydrogen) atoms. The van der Waals surface area contributed by atoms with E-state index < -0.39 is 5.97 Å². The maximum atomic E-state index is 11.7. The summed E-state index contributed by atoms with van der Waals surface area (Å²) in [5.74, 6) is 0.0670. The van der Waals surface area contributed by atoms with Gasteiger partial charge in [-0.15, -0.1) is 0 Å². The Balaban J connectivity index is 2.08. The number of ether oxygens (including phenoxy) is 1. The van der Waals surface area contributed by atoms with Crippen molar-refractivity contribution in [2.24, 2.45) is 5.73 Å². The van der Waals surface area contributed by atoms with E-state index in [2.05, 4.69) is 15.3 Å². The highest BCUT2D eigenvalue weighted by molar-refractivity contribution is 5.90. The van der Waals surface area contributed by atoms with Gasteiger partial charge in [0.05, 0.1) is 17.9 Å². The van der Waals surface area contributed by atoms with Crippen LogP contribution in [-0.2, 0) is 17.8 Å². The lowest BCUT2D eigenvalue weighted by atomic mass is 10.1. The third-order valence-electron chi connectivity index (χ3n) is 3.25. The second-order valence-electron chi connectivity index (χ2n) is 4.74. The highest BCUT2D eigenvalue weighted by Crippen LogP contribution is 2.12. The Morgan fingerprint density at radius 3 is 2.68 bits per heavy atom. The molecule has 0 bridgehead atoms. The number of hydrogen-bond donors (Lipinski definition) is 2. The van der Waals surface area contributed by atoms with E-state index in [0.717, 1.165) is 11.1 Å². The molecule has 2 rings (SSSR count). The van der Waals surface area contributed by atoms with Crippen LogP contribution in [0.3, 0.4) is 0 Å². The Bertz CT molecular complexity index is 658. The summed E-state index contributed by atoms with van der Waals surface area (Å²) < 4.78 is 4.95. The maximum absolute atomic E-state index is 11.7. The molecule has 0 saturated carbocycles. The SMILES string of the molecule is CCOC(=O)c1cnc(NCc2ccccc2CN)nc1C. The van der Waals surface area contributed by atoms with Gasteiger partial charge in [0.2, 0.25) is 5.95 Å². The second kappa shape index (κ2) is 7.51. The van der Waals surface area contributed by atoms with E-state index in [9.17, 15) is 4.79 Å². The zero-order valence-corrected chi connectivity index (χ0v) is 12.8. The average Bonchev–Trinajstić information content (AvgIpc) is 2.53. The number of anilines is 1. The fourth-order valence-corrected chi connectivity index (χ4v) is 2.06. The molecule has 1 heterocycles. The van der Waals surface area contributed by atoms with Crippen LogP contribution in [0.5, 0.6) is 0 Å². The number of aryl methyl sites for hydroxylation is 1. The van der Waals surface area contributed by atoms with Gasteiger partial charge < -0.3 is 15.8 Å². The molecule has 116 valence electrons. The highest BCUT2D eigenvalue weighted by Gasteiger charge is 2.12. The molecule has 0 fully saturated rings. The van der Waals surface area contributed by atoms with Crippen molar-refractivity contribution >= 4 is 11.9 Å². The van der Waals surface area contributed by atoms with Crippen molar-refractivity contribution in [1.82, 2.24) is 9.97 Å². The first kappa shape index (κ1) is 15.9. The number of rotatable bonds is 6. The second-order valence-corrected chi connectivity index (χ2v) is 4.74. The summed E-state index contributed by atoms with van der Waals surface area (Å²) in [6, 6.07) is 7.93. The number of benzene rings is 1. The van der Waals surface area contributed by atoms with E-state index in [0.29, 0.717) is 36.9 Å². The molecule has 1 aromatic carbocycles. The average molecular weight is 300 g/mol. The molecule has 6 heteroatoms. The smallest absolute Gasteiger partial charge is 0.341 e. The molecule has 1 aromatic heterocycles. The van der Waals surface area contributed by atoms with Gasteiger partial charge >= 0.3 is 5.97 Å². The monoisotopic (exact) mass is 300 g/mol. The minimum Gasteiger partial charge on any atom is -0.462 e. The zero-order valence-electron chi connectivity index (χ0n) is 12.8. The lowest BCUT2D eigenvalue weighted by Gasteiger charge is -2.10. The van der Waals surface area contributed by atoms with Crippen molar-refractivity contribution in [3.63, 3.8) is 0 Å². The third kappa shape index (κ3) is 3.79. The van der Waals surface area contributed by atoms with Crippen LogP contribution < -0.4 is 11.1 Å². The van der Waals surface area contributed by atoms with E-state index in [1.807, 2.05) is 24.3 Å². The predicted molar refractivity (Wildman–Crippen MR) is 84.4 cm³/mol. The summed E-state index contributed by atoms with van der Waals surface area (Å²) in [5.41, 5.74) is 8.86. The number of carbonyl (C=O) groups is 1. The molecule has 0 aliphatic carbocycles. The fourth-order valence-electron chi connectivity index (χ4n) is 2.06. The van der Waals surface area contributed by atoms with Crippen molar-refractivity contribution in [2.75, 3.05) is 11.9 Å². The Kier molecular flexibility index (Phi) is 5.43. The minimum absolute atomic E-state index is 0.328. The van der Waals surface area contributed by atoms with Gasteiger partial charge in [-0.1, -0.05) is 24.3 Å². The van der Waals surface area contributed by atoms with Crippen molar-refractivity contribution in [3.05, 3.63) is 52.8 Å². The number of nitrogens with two attached hydrogens (primary N) is 1. The summed E-state index contributed by atoms with van der Waals surface area (Å²) in [7, 11) is 0. The normalized spacial score (nSPS) is 10.3. The standard InChI is InChI=1S/C16H20N4O2/c1-3-22-15(21)14-10-19-16(20-11(14)2)18-9-13-7-5-4-6-12(13)8-17/h4-7,10H,3,8-9,17H2,1-2H3,(H,18,19,20). The van der Waals surface area contributed by atoms with Crippen LogP contribution >= 0.6 is 0 Å². The topological polar surface area (TPSA) is 90.1 Å². The minimum atomic E-state index is -0.403. The molecule has 0 atom stereocenters. The van der Waals surface area contributed by atoms with Gasteiger partial charge in [-0.2, -0.15) is 0 Å². The third-order valence-corrected chi connectivity index (χ3v) is 3.25. The molecular weight excluding hydrogens is 280 g/mol. The molecule has 0 amide bonds. The van der Waals surface area contributed by atoms with E-state index in [1.54, 1.807) is 13.8 Å². The Morgan fingerprint density at radius 1 is 1.32 bits per heavy atom. The van der Waals surface area contributed by atoms with Crippen LogP contribution in [0.4, 0.5) is 5.95 Å². The Morgan fingerprint density at radius 2 is 2.05 bits per heavy atom. The van der Waals surface area contributed by atoms with E-state index in [-0.39, 0.29) is 0 Å². The molecule has 0 unspecified atom stereocenters. The van der Waals surface area contributed by atoms with Crippen molar-refractivity contribution in [3.8, 4) is 0 Å². The summed E-state index contributed by atoms with van der Waals surface area (Å²) in [6.07, 6.45) is 1.48. The zero-order chi connectivity index (χ0) is 15.9. The lowest BCUT2D eigenvalue weighted by molar-refractivity contribution is 0.0524. The number of nitrogens with zero attached hydrogens (tertiary/aromatic N) is 2. The Hall–Kier alpha value is -2.47. The van der Waals surface area contributed by atoms with E-state index in [4.69, 9.17) is 10.5 Å². The first-order chi connectivity index (χ1) is 10.7. The van der Waals surface area contributed by atoms with Crippen molar-refractivity contribution in [1.29, 1.82) is 0 Å². The van der Waals surface area contributed by atoms with Gasteiger partial charge in [-0.3, -0.25) is 0 Å². The molecule has 2 aromatic rings. The first-order valence-corrected chi connectivity index (χ1v) is 7.17. The van der Waals surface area contributed by atoms with E-state index >= 15 is 0 Å². The molecule has 6 nitrogen and oxygen atoms in total. The number of hydrogen-bond acceptors (Lipinski definition) is 6. The molecule has 0 aliphatic heterocycles. The molecule has 3 N–H and O–H groups in total. The quantitative estimate of drug-likeness (QED) is 0.793. The van der Waals surface area contributed by atoms with Crippen LogP contribution in [0.15, 0.2) is 30.5 Å². The number of carbonyl (C=O) groups excluding carboxylic acids is 1. The molecule has 0 saturated heterocycles. The first-order valence-electron chi connectivity index (χ1n) is 7.17. The largest absolute Gasteiger partial charge is 0.462 e. The number of aromatic nitrogens is 2. The summed E-state index contributed by atoms with van der Waals surface area (Å²) in [6.45, 7) is 4.91. The lowest BCUT2D eigenvalue weighted by Crippen LogP contribution is -2.12. The van der Waals surface area contributed by atoms with Crippen LogP contribution in [0.25, 0.3) is 0 Å². The van der Waals surface area contributed by atoms with Crippen LogP contribution in [0.2, 0.25) is 0 Å². The number of esters is 1. The van der Waals surface area contributed by atoms with Gasteiger partial charge in [-0.05, 0) is 25.0 Å². The van der Waals surface area contributed by atoms with Crippen molar-refractivity contribution in [2.45, 2.75) is 26.9 Å². The van der Waals surface area contributed by atoms with Gasteiger partial charge in [0.15, 0.2) is 0 Å². The molecular formula is C16H20N4O2. The maximum Gasteiger partial charge on any atom is 0.341 e. The van der Waals surface area contributed by atoms with Gasteiger partial charge in [0.25, 0.3) is 0 Å². The van der Waals surface area contributed by atoms with Crippen molar-refractivity contribution < 1.29 is 9.53 Å². The van der Waals surface area contributed by atoms with E-state index in [1.165, 1.54) is 6.20 Å². The Labute approximate surface area is 129 Å². The molecule has 0 spiro atoms. The summed E-state index contributed by atoms with van der Waals surface area (Å²) in [5, 5.41) is 3.14.